The van der Waals surface area contributed by atoms with Gasteiger partial charge in [-0.2, -0.15) is 13.2 Å². The second-order valence-electron chi connectivity index (χ2n) is 5.39. The number of hydrogen-bond donors (Lipinski definition) is 2. The fourth-order valence-corrected chi connectivity index (χ4v) is 2.30. The van der Waals surface area contributed by atoms with E-state index in [2.05, 4.69) is 28.8 Å². The summed E-state index contributed by atoms with van der Waals surface area (Å²) in [6.07, 6.45) is -2.76. The molecule has 0 aliphatic rings. The molecule has 3 nitrogen and oxygen atoms in total. The molecule has 1 aromatic rings. The Labute approximate surface area is 151 Å². The van der Waals surface area contributed by atoms with Crippen molar-refractivity contribution in [1.82, 2.24) is 10.6 Å². The van der Waals surface area contributed by atoms with Crippen LogP contribution in [0.5, 0.6) is 0 Å². The fourth-order valence-electron chi connectivity index (χ4n) is 2.08. The minimum atomic E-state index is -4.49. The average molecular weight is 372 g/mol. The number of likely N-dealkylation sites (N-methyl/N-ethyl adjacent to an activating group) is 1. The first kappa shape index (κ1) is 20.8. The van der Waals surface area contributed by atoms with Crippen molar-refractivity contribution in [2.24, 2.45) is 4.99 Å². The minimum Gasteiger partial charge on any atom is -0.388 e. The zero-order valence-electron chi connectivity index (χ0n) is 14.4. The van der Waals surface area contributed by atoms with Crippen molar-refractivity contribution < 1.29 is 13.2 Å². The van der Waals surface area contributed by atoms with Gasteiger partial charge in [-0.25, -0.2) is 4.99 Å². The molecule has 136 valence electrons. The van der Waals surface area contributed by atoms with Crippen LogP contribution in [0.15, 0.2) is 59.6 Å². The molecule has 0 spiro atoms. The van der Waals surface area contributed by atoms with Gasteiger partial charge in [-0.1, -0.05) is 30.8 Å². The zero-order chi connectivity index (χ0) is 19.2. The molecule has 0 heterocycles. The summed E-state index contributed by atoms with van der Waals surface area (Å²) in [7, 11) is 1.74. The summed E-state index contributed by atoms with van der Waals surface area (Å²) < 4.78 is 38.9. The standard InChI is InChI=1S/C18H21ClF3N3/c1-6-24-17(12(3)13(4)23-5)25-11(2)9-14-7-8-16(19)15(10-14)18(20,21)22/h6-8,10,23-24H,1,4,9H2,2-3,5H3/b17-12+,25-11?. The smallest absolute Gasteiger partial charge is 0.388 e. The van der Waals surface area contributed by atoms with E-state index in [1.807, 2.05) is 6.92 Å². The summed E-state index contributed by atoms with van der Waals surface area (Å²) in [5.74, 6) is 0.525. The van der Waals surface area contributed by atoms with Gasteiger partial charge in [0.05, 0.1) is 10.6 Å². The van der Waals surface area contributed by atoms with E-state index in [0.717, 1.165) is 11.6 Å². The number of benzene rings is 1. The minimum absolute atomic E-state index is 0.252. The maximum Gasteiger partial charge on any atom is 0.417 e. The van der Waals surface area contributed by atoms with Crippen LogP contribution in [0.3, 0.4) is 0 Å². The number of halogens is 4. The van der Waals surface area contributed by atoms with E-state index in [0.29, 0.717) is 22.8 Å². The lowest BCUT2D eigenvalue weighted by Crippen LogP contribution is -2.14. The van der Waals surface area contributed by atoms with Gasteiger partial charge >= 0.3 is 6.18 Å². The van der Waals surface area contributed by atoms with E-state index >= 15 is 0 Å². The van der Waals surface area contributed by atoms with Crippen LogP contribution in [0.1, 0.15) is 25.0 Å². The molecule has 0 aliphatic carbocycles. The van der Waals surface area contributed by atoms with Gasteiger partial charge in [-0.15, -0.1) is 0 Å². The SMILES string of the molecule is C=CN/C(N=C(C)Cc1ccc(Cl)c(C(F)(F)F)c1)=C(/C)C(=C)NC. The monoisotopic (exact) mass is 371 g/mol. The van der Waals surface area contributed by atoms with Gasteiger partial charge in [0.1, 0.15) is 5.82 Å². The number of nitrogens with zero attached hydrogens (tertiary/aromatic N) is 1. The summed E-state index contributed by atoms with van der Waals surface area (Å²) in [6, 6.07) is 3.85. The molecule has 0 saturated heterocycles. The number of rotatable bonds is 7. The Morgan fingerprint density at radius 3 is 2.48 bits per heavy atom. The van der Waals surface area contributed by atoms with Crippen molar-refractivity contribution in [3.05, 3.63) is 70.8 Å². The van der Waals surface area contributed by atoms with E-state index in [1.54, 1.807) is 20.0 Å². The van der Waals surface area contributed by atoms with Crippen molar-refractivity contribution in [2.75, 3.05) is 7.05 Å². The molecule has 0 aliphatic heterocycles. The van der Waals surface area contributed by atoms with Crippen molar-refractivity contribution in [3.8, 4) is 0 Å². The lowest BCUT2D eigenvalue weighted by molar-refractivity contribution is -0.137. The average Bonchev–Trinajstić information content (AvgIpc) is 2.53. The number of alkyl halides is 3. The number of hydrogen-bond acceptors (Lipinski definition) is 3. The van der Waals surface area contributed by atoms with Crippen LogP contribution < -0.4 is 10.6 Å². The molecule has 25 heavy (non-hydrogen) atoms. The Morgan fingerprint density at radius 1 is 1.32 bits per heavy atom. The molecule has 7 heteroatoms. The first-order valence-electron chi connectivity index (χ1n) is 7.45. The Kier molecular flexibility index (Phi) is 7.30. The highest BCUT2D eigenvalue weighted by Gasteiger charge is 2.33. The van der Waals surface area contributed by atoms with Gasteiger partial charge < -0.3 is 10.6 Å². The van der Waals surface area contributed by atoms with Crippen LogP contribution in [0.2, 0.25) is 5.02 Å². The zero-order valence-corrected chi connectivity index (χ0v) is 15.1. The van der Waals surface area contributed by atoms with Crippen molar-refractivity contribution in [2.45, 2.75) is 26.4 Å². The molecule has 1 aromatic carbocycles. The molecule has 0 atom stereocenters. The third-order valence-electron chi connectivity index (χ3n) is 3.45. The van der Waals surface area contributed by atoms with Crippen LogP contribution >= 0.6 is 11.6 Å². The second kappa shape index (κ2) is 8.76. The van der Waals surface area contributed by atoms with Gasteiger partial charge in [0.25, 0.3) is 0 Å². The molecular formula is C18H21ClF3N3. The van der Waals surface area contributed by atoms with Gasteiger partial charge in [0, 0.05) is 30.5 Å². The summed E-state index contributed by atoms with van der Waals surface area (Å²) in [6.45, 7) is 11.0. The van der Waals surface area contributed by atoms with E-state index in [-0.39, 0.29) is 11.4 Å². The maximum absolute atomic E-state index is 13.0. The number of aliphatic imine (C=N–C) groups is 1. The topological polar surface area (TPSA) is 36.4 Å². The first-order valence-corrected chi connectivity index (χ1v) is 7.83. The van der Waals surface area contributed by atoms with Gasteiger partial charge in [-0.3, -0.25) is 0 Å². The van der Waals surface area contributed by atoms with Crippen LogP contribution in [0.4, 0.5) is 13.2 Å². The second-order valence-corrected chi connectivity index (χ2v) is 5.79. The highest BCUT2D eigenvalue weighted by Crippen LogP contribution is 2.35. The van der Waals surface area contributed by atoms with Gasteiger partial charge in [-0.05, 0) is 37.7 Å². The summed E-state index contributed by atoms with van der Waals surface area (Å²) in [5.41, 5.74) is 1.70. The van der Waals surface area contributed by atoms with Crippen LogP contribution in [-0.2, 0) is 12.6 Å². The number of allylic oxidation sites excluding steroid dienone is 1. The summed E-state index contributed by atoms with van der Waals surface area (Å²) in [5, 5.41) is 5.52. The highest BCUT2D eigenvalue weighted by molar-refractivity contribution is 6.31. The molecule has 0 bridgehead atoms. The third kappa shape index (κ3) is 5.98. The van der Waals surface area contributed by atoms with E-state index in [9.17, 15) is 13.2 Å². The Balaban J connectivity index is 3.15. The summed E-state index contributed by atoms with van der Waals surface area (Å²) in [4.78, 5) is 4.44. The van der Waals surface area contributed by atoms with Gasteiger partial charge in [0.2, 0.25) is 0 Å². The largest absolute Gasteiger partial charge is 0.417 e. The maximum atomic E-state index is 13.0. The predicted molar refractivity (Wildman–Crippen MR) is 97.5 cm³/mol. The Bertz CT molecular complexity index is 719. The molecule has 0 unspecified atom stereocenters. The molecule has 0 radical (unpaired) electrons. The van der Waals surface area contributed by atoms with Crippen molar-refractivity contribution >= 4 is 17.3 Å². The summed E-state index contributed by atoms with van der Waals surface area (Å²) >= 11 is 5.64. The van der Waals surface area contributed by atoms with Crippen molar-refractivity contribution in [3.63, 3.8) is 0 Å². The molecule has 0 saturated carbocycles. The lowest BCUT2D eigenvalue weighted by Gasteiger charge is -2.13. The van der Waals surface area contributed by atoms with E-state index < -0.39 is 11.7 Å². The van der Waals surface area contributed by atoms with Crippen LogP contribution in [0.25, 0.3) is 0 Å². The highest BCUT2D eigenvalue weighted by atomic mass is 35.5. The Hall–Kier alpha value is -2.21. The fraction of sp³-hybridized carbons (Fsp3) is 0.278. The Morgan fingerprint density at radius 2 is 1.96 bits per heavy atom. The van der Waals surface area contributed by atoms with Crippen LogP contribution in [-0.4, -0.2) is 12.8 Å². The normalized spacial score (nSPS) is 13.2. The third-order valence-corrected chi connectivity index (χ3v) is 3.78. The molecular weight excluding hydrogens is 351 g/mol. The van der Waals surface area contributed by atoms with Crippen molar-refractivity contribution in [1.29, 1.82) is 0 Å². The van der Waals surface area contributed by atoms with E-state index in [1.165, 1.54) is 12.3 Å². The quantitative estimate of drug-likeness (QED) is 0.519. The van der Waals surface area contributed by atoms with Crippen LogP contribution in [0, 0.1) is 0 Å². The number of nitrogens with one attached hydrogen (secondary N) is 2. The first-order chi connectivity index (χ1) is 11.6. The lowest BCUT2D eigenvalue weighted by atomic mass is 10.1. The predicted octanol–water partition coefficient (Wildman–Crippen LogP) is 5.06. The molecule has 0 aromatic heterocycles. The molecule has 1 rings (SSSR count). The molecule has 2 N–H and O–H groups in total. The molecule has 0 amide bonds. The van der Waals surface area contributed by atoms with E-state index in [4.69, 9.17) is 11.6 Å². The molecule has 0 fully saturated rings. The van der Waals surface area contributed by atoms with Gasteiger partial charge in [0.15, 0.2) is 0 Å².